The van der Waals surface area contributed by atoms with Crippen LogP contribution in [0.3, 0.4) is 0 Å². The molecule has 3 aromatic heterocycles. The third kappa shape index (κ3) is 3.25. The van der Waals surface area contributed by atoms with Gasteiger partial charge in [0.05, 0.1) is 11.6 Å². The number of furan rings is 1. The van der Waals surface area contributed by atoms with E-state index in [4.69, 9.17) is 21.8 Å². The Morgan fingerprint density at radius 2 is 2.19 bits per heavy atom. The second kappa shape index (κ2) is 5.87. The number of nitrogens with two attached hydrogens (primary N) is 1. The van der Waals surface area contributed by atoms with Crippen molar-refractivity contribution in [2.24, 2.45) is 0 Å². The number of pyridine rings is 1. The molecule has 0 bridgehead atoms. The molecule has 0 atom stereocenters. The highest BCUT2D eigenvalue weighted by Crippen LogP contribution is 2.22. The van der Waals surface area contributed by atoms with Gasteiger partial charge in [-0.2, -0.15) is 0 Å². The van der Waals surface area contributed by atoms with Gasteiger partial charge < -0.3 is 10.2 Å². The SMILES string of the molecule is Nc1cc(Cl)nc(SCCc2cc3c(F)coc3cn2)n1. The molecule has 8 heteroatoms. The van der Waals surface area contributed by atoms with Crippen LogP contribution in [0.2, 0.25) is 5.15 Å². The molecule has 5 nitrogen and oxygen atoms in total. The quantitative estimate of drug-likeness (QED) is 0.450. The fourth-order valence-electron chi connectivity index (χ4n) is 1.81. The van der Waals surface area contributed by atoms with Gasteiger partial charge in [-0.1, -0.05) is 23.4 Å². The second-order valence-corrected chi connectivity index (χ2v) is 5.70. The Morgan fingerprint density at radius 3 is 3.00 bits per heavy atom. The minimum atomic E-state index is -0.382. The maximum Gasteiger partial charge on any atom is 0.190 e. The average Bonchev–Trinajstić information content (AvgIpc) is 2.79. The number of fused-ring (bicyclic) bond motifs is 1. The van der Waals surface area contributed by atoms with Crippen LogP contribution in [0.25, 0.3) is 11.0 Å². The fraction of sp³-hybridized carbons (Fsp3) is 0.154. The maximum atomic E-state index is 13.4. The highest BCUT2D eigenvalue weighted by Gasteiger charge is 2.08. The molecule has 21 heavy (non-hydrogen) atoms. The zero-order valence-corrected chi connectivity index (χ0v) is 12.3. The molecule has 0 saturated heterocycles. The first-order chi connectivity index (χ1) is 10.1. The van der Waals surface area contributed by atoms with Crippen LogP contribution >= 0.6 is 23.4 Å². The van der Waals surface area contributed by atoms with E-state index in [9.17, 15) is 4.39 Å². The summed E-state index contributed by atoms with van der Waals surface area (Å²) in [6.07, 6.45) is 3.24. The molecule has 0 aliphatic carbocycles. The normalized spacial score (nSPS) is 11.1. The molecular formula is C13H10ClFN4OS. The minimum absolute atomic E-state index is 0.310. The van der Waals surface area contributed by atoms with Crippen LogP contribution in [0.4, 0.5) is 10.2 Å². The smallest absolute Gasteiger partial charge is 0.190 e. The Labute approximate surface area is 128 Å². The number of aryl methyl sites for hydroxylation is 1. The first-order valence-electron chi connectivity index (χ1n) is 6.06. The van der Waals surface area contributed by atoms with Crippen LogP contribution in [0, 0.1) is 5.82 Å². The van der Waals surface area contributed by atoms with Crippen molar-refractivity contribution in [2.75, 3.05) is 11.5 Å². The Morgan fingerprint density at radius 1 is 1.33 bits per heavy atom. The van der Waals surface area contributed by atoms with E-state index in [1.165, 1.54) is 24.0 Å². The third-order valence-electron chi connectivity index (χ3n) is 2.75. The van der Waals surface area contributed by atoms with E-state index >= 15 is 0 Å². The summed E-state index contributed by atoms with van der Waals surface area (Å²) in [6, 6.07) is 3.17. The molecule has 3 aromatic rings. The van der Waals surface area contributed by atoms with Gasteiger partial charge >= 0.3 is 0 Å². The van der Waals surface area contributed by atoms with Crippen molar-refractivity contribution < 1.29 is 8.81 Å². The molecule has 3 rings (SSSR count). The van der Waals surface area contributed by atoms with E-state index < -0.39 is 0 Å². The molecule has 108 valence electrons. The van der Waals surface area contributed by atoms with Crippen molar-refractivity contribution in [3.05, 3.63) is 41.3 Å². The molecule has 2 N–H and O–H groups in total. The Hall–Kier alpha value is -1.86. The predicted octanol–water partition coefficient (Wildman–Crippen LogP) is 3.33. The number of hydrogen-bond acceptors (Lipinski definition) is 6. The van der Waals surface area contributed by atoms with E-state index in [-0.39, 0.29) is 5.82 Å². The van der Waals surface area contributed by atoms with Crippen LogP contribution in [-0.2, 0) is 6.42 Å². The number of thioether (sulfide) groups is 1. The summed E-state index contributed by atoms with van der Waals surface area (Å²) in [5.74, 6) is 0.627. The third-order valence-corrected chi connectivity index (χ3v) is 3.80. The molecular weight excluding hydrogens is 315 g/mol. The van der Waals surface area contributed by atoms with E-state index in [2.05, 4.69) is 15.0 Å². The number of anilines is 1. The number of aromatic nitrogens is 3. The van der Waals surface area contributed by atoms with Gasteiger partial charge in [0.15, 0.2) is 16.6 Å². The van der Waals surface area contributed by atoms with E-state index in [1.54, 1.807) is 6.07 Å². The van der Waals surface area contributed by atoms with Crippen LogP contribution in [0.5, 0.6) is 0 Å². The topological polar surface area (TPSA) is 77.8 Å². The molecule has 0 aliphatic heterocycles. The first kappa shape index (κ1) is 14.1. The average molecular weight is 325 g/mol. The van der Waals surface area contributed by atoms with Crippen molar-refractivity contribution in [2.45, 2.75) is 11.6 Å². The van der Waals surface area contributed by atoms with Crippen molar-refractivity contribution in [3.8, 4) is 0 Å². The van der Waals surface area contributed by atoms with Gasteiger partial charge in [0.2, 0.25) is 0 Å². The predicted molar refractivity (Wildman–Crippen MR) is 79.8 cm³/mol. The largest absolute Gasteiger partial charge is 0.460 e. The Balaban J connectivity index is 1.67. The summed E-state index contributed by atoms with van der Waals surface area (Å²) in [7, 11) is 0. The van der Waals surface area contributed by atoms with Gasteiger partial charge in [0.1, 0.15) is 17.2 Å². The lowest BCUT2D eigenvalue weighted by Crippen LogP contribution is -1.97. The zero-order valence-electron chi connectivity index (χ0n) is 10.7. The Bertz CT molecular complexity index is 775. The van der Waals surface area contributed by atoms with E-state index in [0.29, 0.717) is 39.3 Å². The molecule has 0 unspecified atom stereocenters. The van der Waals surface area contributed by atoms with Gasteiger partial charge in [0.25, 0.3) is 0 Å². The fourth-order valence-corrected chi connectivity index (χ4v) is 2.88. The number of nitrogen functional groups attached to an aromatic ring is 1. The van der Waals surface area contributed by atoms with Gasteiger partial charge in [-0.25, -0.2) is 14.4 Å². The lowest BCUT2D eigenvalue weighted by Gasteiger charge is -2.02. The number of nitrogens with zero attached hydrogens (tertiary/aromatic N) is 3. The second-order valence-electron chi connectivity index (χ2n) is 4.25. The van der Waals surface area contributed by atoms with Gasteiger partial charge in [-0.15, -0.1) is 0 Å². The van der Waals surface area contributed by atoms with Crippen LogP contribution in [-0.4, -0.2) is 20.7 Å². The summed E-state index contributed by atoms with van der Waals surface area (Å²) in [6.45, 7) is 0. The maximum absolute atomic E-state index is 13.4. The van der Waals surface area contributed by atoms with Crippen molar-refractivity contribution in [1.82, 2.24) is 15.0 Å². The van der Waals surface area contributed by atoms with Crippen molar-refractivity contribution >= 4 is 40.1 Å². The first-order valence-corrected chi connectivity index (χ1v) is 7.42. The number of hydrogen-bond donors (Lipinski definition) is 1. The molecule has 0 amide bonds. The molecule has 0 aliphatic rings. The molecule has 0 fully saturated rings. The summed E-state index contributed by atoms with van der Waals surface area (Å²) in [5, 5.41) is 1.26. The summed E-state index contributed by atoms with van der Waals surface area (Å²) >= 11 is 7.22. The summed E-state index contributed by atoms with van der Waals surface area (Å²) < 4.78 is 18.4. The minimum Gasteiger partial charge on any atom is -0.460 e. The number of rotatable bonds is 4. The monoisotopic (exact) mass is 324 g/mol. The van der Waals surface area contributed by atoms with Gasteiger partial charge in [-0.3, -0.25) is 4.98 Å². The standard InChI is InChI=1S/C13H10ClFN4OS/c14-11-4-12(16)19-13(18-11)21-2-1-7-3-8-9(15)6-20-10(8)5-17-7/h3-6H,1-2H2,(H2,16,18,19). The molecule has 0 spiro atoms. The molecule has 0 aromatic carbocycles. The lowest BCUT2D eigenvalue weighted by atomic mass is 10.2. The number of halogens is 2. The van der Waals surface area contributed by atoms with Crippen LogP contribution in [0.15, 0.2) is 34.2 Å². The molecule has 0 saturated carbocycles. The van der Waals surface area contributed by atoms with Crippen LogP contribution < -0.4 is 5.73 Å². The van der Waals surface area contributed by atoms with Crippen LogP contribution in [0.1, 0.15) is 5.69 Å². The Kier molecular flexibility index (Phi) is 3.94. The van der Waals surface area contributed by atoms with E-state index in [0.717, 1.165) is 12.0 Å². The van der Waals surface area contributed by atoms with Crippen molar-refractivity contribution in [3.63, 3.8) is 0 Å². The van der Waals surface area contributed by atoms with Gasteiger partial charge in [0, 0.05) is 17.5 Å². The highest BCUT2D eigenvalue weighted by atomic mass is 35.5. The lowest BCUT2D eigenvalue weighted by molar-refractivity contribution is 0.557. The van der Waals surface area contributed by atoms with Gasteiger partial charge in [-0.05, 0) is 12.5 Å². The molecule has 0 radical (unpaired) electrons. The van der Waals surface area contributed by atoms with Crippen molar-refractivity contribution in [1.29, 1.82) is 0 Å². The highest BCUT2D eigenvalue weighted by molar-refractivity contribution is 7.99. The summed E-state index contributed by atoms with van der Waals surface area (Å²) in [4.78, 5) is 12.4. The zero-order chi connectivity index (χ0) is 14.8. The van der Waals surface area contributed by atoms with E-state index in [1.807, 2.05) is 0 Å². The molecule has 3 heterocycles. The summed E-state index contributed by atoms with van der Waals surface area (Å²) in [5.41, 5.74) is 6.80.